The zero-order valence-electron chi connectivity index (χ0n) is 11.3. The molecule has 0 bridgehead atoms. The van der Waals surface area contributed by atoms with E-state index in [-0.39, 0.29) is 6.04 Å². The number of rotatable bonds is 4. The summed E-state index contributed by atoms with van der Waals surface area (Å²) in [6.45, 7) is 2.05. The van der Waals surface area contributed by atoms with Gasteiger partial charge in [0.1, 0.15) is 0 Å². The number of nitrogens with zero attached hydrogens (tertiary/aromatic N) is 2. The van der Waals surface area contributed by atoms with E-state index in [1.807, 2.05) is 30.8 Å². The highest BCUT2D eigenvalue weighted by Crippen LogP contribution is 2.29. The van der Waals surface area contributed by atoms with Crippen LogP contribution in [0.4, 0.5) is 0 Å². The third-order valence-electron chi connectivity index (χ3n) is 3.27. The Morgan fingerprint density at radius 1 is 1.50 bits per heavy atom. The first-order valence-corrected chi connectivity index (χ1v) is 8.59. The topological polar surface area (TPSA) is 43.8 Å². The van der Waals surface area contributed by atoms with Gasteiger partial charge in [0, 0.05) is 27.6 Å². The second kappa shape index (κ2) is 6.77. The average Bonchev–Trinajstić information content (AvgIpc) is 2.68. The van der Waals surface area contributed by atoms with Crippen molar-refractivity contribution in [2.75, 3.05) is 0 Å². The lowest BCUT2D eigenvalue weighted by molar-refractivity contribution is 0.636. The minimum absolute atomic E-state index is 0.114. The van der Waals surface area contributed by atoms with Crippen LogP contribution in [-0.2, 0) is 19.9 Å². The number of benzene rings is 1. The Hall–Kier alpha value is -0.110. The van der Waals surface area contributed by atoms with Gasteiger partial charge in [0.25, 0.3) is 0 Å². The normalized spacial score (nSPS) is 12.7. The van der Waals surface area contributed by atoms with Crippen molar-refractivity contribution < 1.29 is 0 Å². The lowest BCUT2D eigenvalue weighted by Gasteiger charge is -2.15. The molecular formula is C14H16BrClIN3. The van der Waals surface area contributed by atoms with Crippen LogP contribution in [-0.4, -0.2) is 9.78 Å². The summed E-state index contributed by atoms with van der Waals surface area (Å²) in [5.41, 5.74) is 9.36. The van der Waals surface area contributed by atoms with E-state index in [2.05, 4.69) is 49.7 Å². The smallest absolute Gasteiger partial charge is 0.0850 e. The van der Waals surface area contributed by atoms with Crippen LogP contribution in [0.1, 0.15) is 29.9 Å². The molecule has 0 spiro atoms. The van der Waals surface area contributed by atoms with Crippen LogP contribution in [0.5, 0.6) is 0 Å². The Kier molecular flexibility index (Phi) is 5.50. The van der Waals surface area contributed by atoms with Gasteiger partial charge in [-0.2, -0.15) is 5.10 Å². The maximum atomic E-state index is 6.38. The maximum Gasteiger partial charge on any atom is 0.0850 e. The van der Waals surface area contributed by atoms with Crippen molar-refractivity contribution in [2.24, 2.45) is 12.8 Å². The van der Waals surface area contributed by atoms with E-state index >= 15 is 0 Å². The molecule has 0 aliphatic carbocycles. The maximum absolute atomic E-state index is 6.38. The summed E-state index contributed by atoms with van der Waals surface area (Å²) in [4.78, 5) is 0. The summed E-state index contributed by atoms with van der Waals surface area (Å²) in [6, 6.07) is 6.06. The van der Waals surface area contributed by atoms with E-state index in [1.165, 1.54) is 3.57 Å². The molecular weight excluding hydrogens is 452 g/mol. The second-order valence-corrected chi connectivity index (χ2v) is 7.14. The fourth-order valence-electron chi connectivity index (χ4n) is 2.16. The van der Waals surface area contributed by atoms with Gasteiger partial charge in [0.2, 0.25) is 0 Å². The van der Waals surface area contributed by atoms with Crippen LogP contribution in [0.2, 0.25) is 5.02 Å². The molecule has 1 aromatic heterocycles. The van der Waals surface area contributed by atoms with E-state index in [9.17, 15) is 0 Å². The third-order valence-corrected chi connectivity index (χ3v) is 5.10. The SMILES string of the molecule is CCc1nn(C)c(CC(N)c2cc(I)ccc2Br)c1Cl. The molecule has 20 heavy (non-hydrogen) atoms. The summed E-state index contributed by atoms with van der Waals surface area (Å²) in [5, 5.41) is 5.17. The van der Waals surface area contributed by atoms with Gasteiger partial charge in [-0.05, 0) is 52.8 Å². The van der Waals surface area contributed by atoms with Crippen LogP contribution in [0.3, 0.4) is 0 Å². The summed E-state index contributed by atoms with van der Waals surface area (Å²) < 4.78 is 4.03. The van der Waals surface area contributed by atoms with Crippen LogP contribution in [0, 0.1) is 3.57 Å². The molecule has 0 fully saturated rings. The molecule has 0 saturated carbocycles. The molecule has 1 atom stereocenters. The predicted molar refractivity (Wildman–Crippen MR) is 95.1 cm³/mol. The molecule has 2 rings (SSSR count). The van der Waals surface area contributed by atoms with Crippen molar-refractivity contribution in [3.05, 3.63) is 48.2 Å². The van der Waals surface area contributed by atoms with Crippen LogP contribution in [0.25, 0.3) is 0 Å². The highest BCUT2D eigenvalue weighted by molar-refractivity contribution is 14.1. The number of hydrogen-bond acceptors (Lipinski definition) is 2. The second-order valence-electron chi connectivity index (χ2n) is 4.66. The molecule has 1 heterocycles. The number of nitrogens with two attached hydrogens (primary N) is 1. The zero-order valence-corrected chi connectivity index (χ0v) is 15.8. The molecule has 108 valence electrons. The Morgan fingerprint density at radius 2 is 2.20 bits per heavy atom. The highest BCUT2D eigenvalue weighted by atomic mass is 127. The molecule has 2 N–H and O–H groups in total. The summed E-state index contributed by atoms with van der Waals surface area (Å²) in [6.07, 6.45) is 1.50. The average molecular weight is 469 g/mol. The minimum Gasteiger partial charge on any atom is -0.324 e. The van der Waals surface area contributed by atoms with E-state index in [4.69, 9.17) is 17.3 Å². The first-order valence-electron chi connectivity index (χ1n) is 6.34. The van der Waals surface area contributed by atoms with Crippen LogP contribution in [0.15, 0.2) is 22.7 Å². The van der Waals surface area contributed by atoms with Crippen molar-refractivity contribution in [2.45, 2.75) is 25.8 Å². The molecule has 6 heteroatoms. The third kappa shape index (κ3) is 3.37. The zero-order chi connectivity index (χ0) is 14.9. The molecule has 0 saturated heterocycles. The number of aromatic nitrogens is 2. The number of aryl methyl sites for hydroxylation is 2. The fourth-order valence-corrected chi connectivity index (χ4v) is 3.59. The highest BCUT2D eigenvalue weighted by Gasteiger charge is 2.18. The molecule has 0 radical (unpaired) electrons. The summed E-state index contributed by atoms with van der Waals surface area (Å²) in [7, 11) is 1.91. The lowest BCUT2D eigenvalue weighted by Crippen LogP contribution is -2.16. The molecule has 2 aromatic rings. The fraction of sp³-hybridized carbons (Fsp3) is 0.357. The standard InChI is InChI=1S/C14H16BrClIN3/c1-3-12-14(16)13(20(2)19-12)7-11(18)9-6-8(17)4-5-10(9)15/h4-6,11H,3,7,18H2,1-2H3. The van der Waals surface area contributed by atoms with Crippen molar-refractivity contribution in [3.63, 3.8) is 0 Å². The lowest BCUT2D eigenvalue weighted by atomic mass is 10.0. The first-order chi connectivity index (χ1) is 9.43. The Bertz CT molecular complexity index is 627. The van der Waals surface area contributed by atoms with Gasteiger partial charge < -0.3 is 5.73 Å². The Balaban J connectivity index is 2.30. The molecule has 0 aliphatic rings. The van der Waals surface area contributed by atoms with Crippen LogP contribution >= 0.6 is 50.1 Å². The quantitative estimate of drug-likeness (QED) is 0.682. The molecule has 1 aromatic carbocycles. The monoisotopic (exact) mass is 467 g/mol. The van der Waals surface area contributed by atoms with Gasteiger partial charge in [0.15, 0.2) is 0 Å². The number of halogens is 3. The van der Waals surface area contributed by atoms with Crippen molar-refractivity contribution in [1.29, 1.82) is 0 Å². The Labute approximate surface area is 146 Å². The van der Waals surface area contributed by atoms with Gasteiger partial charge in [-0.1, -0.05) is 34.5 Å². The largest absolute Gasteiger partial charge is 0.324 e. The van der Waals surface area contributed by atoms with Gasteiger partial charge >= 0.3 is 0 Å². The molecule has 3 nitrogen and oxygen atoms in total. The van der Waals surface area contributed by atoms with Gasteiger partial charge in [0.05, 0.1) is 16.4 Å². The van der Waals surface area contributed by atoms with Crippen molar-refractivity contribution >= 4 is 50.1 Å². The van der Waals surface area contributed by atoms with E-state index in [0.717, 1.165) is 32.9 Å². The van der Waals surface area contributed by atoms with E-state index < -0.39 is 0 Å². The van der Waals surface area contributed by atoms with Crippen LogP contribution < -0.4 is 5.73 Å². The van der Waals surface area contributed by atoms with Gasteiger partial charge in [-0.15, -0.1) is 0 Å². The predicted octanol–water partition coefficient (Wildman–Crippen LogP) is 4.25. The summed E-state index contributed by atoms with van der Waals surface area (Å²) in [5.74, 6) is 0. The molecule has 1 unspecified atom stereocenters. The first kappa shape index (κ1) is 16.3. The van der Waals surface area contributed by atoms with Gasteiger partial charge in [-0.3, -0.25) is 4.68 Å². The van der Waals surface area contributed by atoms with Gasteiger partial charge in [-0.25, -0.2) is 0 Å². The van der Waals surface area contributed by atoms with Crippen molar-refractivity contribution in [3.8, 4) is 0 Å². The molecule has 0 aliphatic heterocycles. The minimum atomic E-state index is -0.114. The van der Waals surface area contributed by atoms with Crippen molar-refractivity contribution in [1.82, 2.24) is 9.78 Å². The molecule has 0 amide bonds. The van der Waals surface area contributed by atoms with E-state index in [1.54, 1.807) is 0 Å². The summed E-state index contributed by atoms with van der Waals surface area (Å²) >= 11 is 12.2. The number of hydrogen-bond donors (Lipinski definition) is 1. The van der Waals surface area contributed by atoms with E-state index in [0.29, 0.717) is 6.42 Å². The Morgan fingerprint density at radius 3 is 2.80 bits per heavy atom.